The van der Waals surface area contributed by atoms with Crippen molar-refractivity contribution in [1.29, 1.82) is 0 Å². The van der Waals surface area contributed by atoms with Crippen molar-refractivity contribution in [3.8, 4) is 0 Å². The van der Waals surface area contributed by atoms with Gasteiger partial charge in [0.15, 0.2) is 5.49 Å². The molecular formula is C20H26F3N3O. The molecule has 0 radical (unpaired) electrons. The first-order valence-electron chi connectivity index (χ1n) is 8.98. The Morgan fingerprint density at radius 2 is 1.81 bits per heavy atom. The van der Waals surface area contributed by atoms with Crippen LogP contribution in [0.15, 0.2) is 35.3 Å². The van der Waals surface area contributed by atoms with E-state index in [9.17, 15) is 18.0 Å². The maximum Gasteiger partial charge on any atom is 0.416 e. The van der Waals surface area contributed by atoms with Crippen LogP contribution in [0.1, 0.15) is 62.2 Å². The van der Waals surface area contributed by atoms with Crippen molar-refractivity contribution < 1.29 is 18.0 Å². The van der Waals surface area contributed by atoms with Gasteiger partial charge in [-0.25, -0.2) is 0 Å². The second-order valence-corrected chi connectivity index (χ2v) is 7.63. The summed E-state index contributed by atoms with van der Waals surface area (Å²) in [6.45, 7) is 8.93. The normalized spacial score (nSPS) is 13.3. The zero-order chi connectivity index (χ0) is 20.4. The van der Waals surface area contributed by atoms with Gasteiger partial charge in [0.05, 0.1) is 5.56 Å². The first-order chi connectivity index (χ1) is 12.4. The standard InChI is InChI=1S/C20H26F3N3O/c1-6-7-11-26-17(13-16(25(26)5)19(2,3)4)24-18(27)14-9-8-10-15(12-14)20(21,22)23/h8-10,12-13H,6-7,11H2,1-5H3. The Hall–Kier alpha value is -2.31. The number of hydrogen-bond acceptors (Lipinski definition) is 1. The third-order valence-corrected chi connectivity index (χ3v) is 4.39. The number of rotatable bonds is 4. The molecule has 2 rings (SSSR count). The van der Waals surface area contributed by atoms with Gasteiger partial charge in [0, 0.05) is 36.3 Å². The monoisotopic (exact) mass is 381 g/mol. The van der Waals surface area contributed by atoms with E-state index in [4.69, 9.17) is 0 Å². The van der Waals surface area contributed by atoms with Crippen LogP contribution in [0, 0.1) is 0 Å². The van der Waals surface area contributed by atoms with Gasteiger partial charge in [-0.2, -0.15) is 18.2 Å². The van der Waals surface area contributed by atoms with E-state index in [0.29, 0.717) is 12.0 Å². The molecule has 1 aromatic heterocycles. The zero-order valence-electron chi connectivity index (χ0n) is 16.4. The second kappa shape index (κ2) is 7.74. The number of carbonyl (C=O) groups excluding carboxylic acids is 1. The van der Waals surface area contributed by atoms with Crippen molar-refractivity contribution in [3.63, 3.8) is 0 Å². The maximum absolute atomic E-state index is 12.9. The van der Waals surface area contributed by atoms with Crippen molar-refractivity contribution in [3.05, 3.63) is 52.6 Å². The van der Waals surface area contributed by atoms with Gasteiger partial charge < -0.3 is 0 Å². The van der Waals surface area contributed by atoms with E-state index in [0.717, 1.165) is 30.7 Å². The van der Waals surface area contributed by atoms with Crippen molar-refractivity contribution in [2.75, 3.05) is 0 Å². The highest BCUT2D eigenvalue weighted by atomic mass is 19.4. The molecule has 0 atom stereocenters. The van der Waals surface area contributed by atoms with E-state index in [1.54, 1.807) is 0 Å². The molecule has 0 saturated heterocycles. The Morgan fingerprint density at radius 3 is 2.37 bits per heavy atom. The molecule has 0 unspecified atom stereocenters. The van der Waals surface area contributed by atoms with Crippen LogP contribution in [0.5, 0.6) is 0 Å². The average molecular weight is 381 g/mol. The van der Waals surface area contributed by atoms with Gasteiger partial charge in [-0.15, -0.1) is 0 Å². The SMILES string of the molecule is CCCCn1c(=NC(=O)c2cccc(C(F)(F)F)c2)cc(C(C)(C)C)n1C. The first kappa shape index (κ1) is 21.0. The van der Waals surface area contributed by atoms with E-state index in [2.05, 4.69) is 32.7 Å². The maximum atomic E-state index is 12.9. The molecule has 1 heterocycles. The molecule has 2 aromatic rings. The Labute approximate surface area is 157 Å². The van der Waals surface area contributed by atoms with Gasteiger partial charge in [0.25, 0.3) is 5.91 Å². The molecule has 0 fully saturated rings. The van der Waals surface area contributed by atoms with Gasteiger partial charge in [0.2, 0.25) is 0 Å². The summed E-state index contributed by atoms with van der Waals surface area (Å²) in [6, 6.07) is 6.20. The number of benzene rings is 1. The number of unbranched alkanes of at least 4 members (excludes halogenated alkanes) is 1. The fourth-order valence-corrected chi connectivity index (χ4v) is 2.94. The minimum atomic E-state index is -4.50. The van der Waals surface area contributed by atoms with E-state index < -0.39 is 17.6 Å². The molecule has 0 bridgehead atoms. The molecule has 0 aliphatic carbocycles. The predicted molar refractivity (Wildman–Crippen MR) is 98.3 cm³/mol. The van der Waals surface area contributed by atoms with Crippen molar-refractivity contribution in [2.24, 2.45) is 12.0 Å². The molecule has 1 aromatic carbocycles. The second-order valence-electron chi connectivity index (χ2n) is 7.63. The number of nitrogens with zero attached hydrogens (tertiary/aromatic N) is 3. The minimum absolute atomic E-state index is 0.0759. The predicted octanol–water partition coefficient (Wildman–Crippen LogP) is 4.68. The van der Waals surface area contributed by atoms with Crippen LogP contribution < -0.4 is 5.49 Å². The fraction of sp³-hybridized carbons (Fsp3) is 0.500. The lowest BCUT2D eigenvalue weighted by Gasteiger charge is -2.20. The van der Waals surface area contributed by atoms with Gasteiger partial charge in [0.1, 0.15) is 0 Å². The molecule has 0 spiro atoms. The highest BCUT2D eigenvalue weighted by Gasteiger charge is 2.31. The number of carbonyl (C=O) groups is 1. The lowest BCUT2D eigenvalue weighted by molar-refractivity contribution is -0.137. The largest absolute Gasteiger partial charge is 0.416 e. The summed E-state index contributed by atoms with van der Waals surface area (Å²) >= 11 is 0. The zero-order valence-corrected chi connectivity index (χ0v) is 16.4. The summed E-state index contributed by atoms with van der Waals surface area (Å²) in [6.07, 6.45) is -2.61. The topological polar surface area (TPSA) is 39.3 Å². The van der Waals surface area contributed by atoms with Gasteiger partial charge >= 0.3 is 6.18 Å². The quantitative estimate of drug-likeness (QED) is 0.758. The molecule has 1 amide bonds. The van der Waals surface area contributed by atoms with Gasteiger partial charge in [-0.3, -0.25) is 14.2 Å². The Morgan fingerprint density at radius 1 is 1.15 bits per heavy atom. The van der Waals surface area contributed by atoms with Crippen LogP contribution in [0.25, 0.3) is 0 Å². The molecule has 4 nitrogen and oxygen atoms in total. The Balaban J connectivity index is 2.53. The number of halogens is 3. The first-order valence-corrected chi connectivity index (χ1v) is 8.98. The van der Waals surface area contributed by atoms with Crippen LogP contribution in [-0.4, -0.2) is 15.3 Å². The molecule has 0 N–H and O–H groups in total. The Kier molecular flexibility index (Phi) is 6.02. The number of amides is 1. The molecule has 0 saturated carbocycles. The highest BCUT2D eigenvalue weighted by Crippen LogP contribution is 2.29. The van der Waals surface area contributed by atoms with Gasteiger partial charge in [-0.1, -0.05) is 40.2 Å². The third-order valence-electron chi connectivity index (χ3n) is 4.39. The molecule has 0 aliphatic heterocycles. The average Bonchev–Trinajstić information content (AvgIpc) is 2.88. The van der Waals surface area contributed by atoms with Crippen LogP contribution in [0.4, 0.5) is 13.2 Å². The molecule has 27 heavy (non-hydrogen) atoms. The summed E-state index contributed by atoms with van der Waals surface area (Å²) < 4.78 is 42.6. The van der Waals surface area contributed by atoms with Crippen LogP contribution in [-0.2, 0) is 25.2 Å². The van der Waals surface area contributed by atoms with Crippen molar-refractivity contribution in [2.45, 2.75) is 58.7 Å². The summed E-state index contributed by atoms with van der Waals surface area (Å²) in [4.78, 5) is 16.7. The van der Waals surface area contributed by atoms with Crippen molar-refractivity contribution in [1.82, 2.24) is 9.36 Å². The van der Waals surface area contributed by atoms with E-state index in [1.165, 1.54) is 12.1 Å². The van der Waals surface area contributed by atoms with E-state index >= 15 is 0 Å². The lowest BCUT2D eigenvalue weighted by Crippen LogP contribution is -2.25. The summed E-state index contributed by atoms with van der Waals surface area (Å²) in [5.41, 5.74) is 0.363. The van der Waals surface area contributed by atoms with Crippen molar-refractivity contribution >= 4 is 5.91 Å². The molecule has 148 valence electrons. The highest BCUT2D eigenvalue weighted by molar-refractivity contribution is 5.95. The molecule has 0 aliphatic rings. The minimum Gasteiger partial charge on any atom is -0.291 e. The fourth-order valence-electron chi connectivity index (χ4n) is 2.94. The van der Waals surface area contributed by atoms with Crippen LogP contribution in [0.2, 0.25) is 0 Å². The molecular weight excluding hydrogens is 355 g/mol. The number of alkyl halides is 3. The number of hydrogen-bond donors (Lipinski definition) is 0. The van der Waals surface area contributed by atoms with E-state index in [-0.39, 0.29) is 11.0 Å². The lowest BCUT2D eigenvalue weighted by atomic mass is 9.92. The summed E-state index contributed by atoms with van der Waals surface area (Å²) in [7, 11) is 1.91. The smallest absolute Gasteiger partial charge is 0.291 e. The van der Waals surface area contributed by atoms with Crippen LogP contribution >= 0.6 is 0 Å². The van der Waals surface area contributed by atoms with Gasteiger partial charge in [-0.05, 0) is 24.6 Å². The number of aromatic nitrogens is 2. The van der Waals surface area contributed by atoms with Crippen LogP contribution in [0.3, 0.4) is 0 Å². The molecule has 7 heteroatoms. The van der Waals surface area contributed by atoms with E-state index in [1.807, 2.05) is 22.5 Å². The summed E-state index contributed by atoms with van der Waals surface area (Å²) in [5.74, 6) is -0.683. The summed E-state index contributed by atoms with van der Waals surface area (Å²) in [5, 5.41) is 0. The third kappa shape index (κ3) is 4.90. The Bertz CT molecular complexity index is 883.